The number of aromatic nitrogens is 2. The van der Waals surface area contributed by atoms with Crippen molar-refractivity contribution >= 4 is 11.8 Å². The van der Waals surface area contributed by atoms with Gasteiger partial charge in [0.1, 0.15) is 11.3 Å². The smallest absolute Gasteiger partial charge is 0.259 e. The number of amides is 1. The van der Waals surface area contributed by atoms with Crippen molar-refractivity contribution in [2.75, 3.05) is 5.73 Å². The Morgan fingerprint density at radius 3 is 2.73 bits per heavy atom. The van der Waals surface area contributed by atoms with Crippen molar-refractivity contribution in [3.8, 4) is 11.3 Å². The highest BCUT2D eigenvalue weighted by molar-refractivity contribution is 6.03. The minimum absolute atomic E-state index is 0.00980. The molecule has 0 radical (unpaired) electrons. The van der Waals surface area contributed by atoms with Crippen LogP contribution in [0, 0.1) is 0 Å². The van der Waals surface area contributed by atoms with Gasteiger partial charge in [-0.25, -0.2) is 0 Å². The molecule has 0 aliphatic carbocycles. The number of hydrogen-bond acceptors (Lipinski definition) is 5. The summed E-state index contributed by atoms with van der Waals surface area (Å²) in [4.78, 5) is 16.4. The maximum atomic E-state index is 12.4. The monoisotopic (exact) mass is 294 g/mol. The van der Waals surface area contributed by atoms with Crippen LogP contribution < -0.4 is 11.1 Å². The largest absolute Gasteiger partial charge is 0.367 e. The number of anilines is 1. The number of benzene rings is 1. The molecule has 22 heavy (non-hydrogen) atoms. The third-order valence-electron chi connectivity index (χ3n) is 3.18. The summed E-state index contributed by atoms with van der Waals surface area (Å²) < 4.78 is 4.96. The topological polar surface area (TPSA) is 94.0 Å². The van der Waals surface area contributed by atoms with Crippen LogP contribution in [0.5, 0.6) is 0 Å². The van der Waals surface area contributed by atoms with Crippen LogP contribution in [0.1, 0.15) is 15.9 Å². The molecule has 0 aliphatic heterocycles. The first-order valence-electron chi connectivity index (χ1n) is 6.73. The number of pyridine rings is 1. The zero-order valence-electron chi connectivity index (χ0n) is 11.7. The summed E-state index contributed by atoms with van der Waals surface area (Å²) in [7, 11) is 0. The predicted octanol–water partition coefficient (Wildman–Crippen LogP) is 2.25. The maximum Gasteiger partial charge on any atom is 0.259 e. The lowest BCUT2D eigenvalue weighted by Crippen LogP contribution is -2.23. The second-order valence-corrected chi connectivity index (χ2v) is 4.68. The number of carbonyl (C=O) groups excluding carboxylic acids is 1. The van der Waals surface area contributed by atoms with Crippen LogP contribution in [0.25, 0.3) is 11.3 Å². The summed E-state index contributed by atoms with van der Waals surface area (Å²) in [5, 5.41) is 6.67. The zero-order valence-corrected chi connectivity index (χ0v) is 11.7. The van der Waals surface area contributed by atoms with Crippen molar-refractivity contribution in [1.29, 1.82) is 0 Å². The van der Waals surface area contributed by atoms with E-state index in [-0.39, 0.29) is 17.4 Å². The van der Waals surface area contributed by atoms with Crippen molar-refractivity contribution in [2.24, 2.45) is 0 Å². The molecule has 0 spiro atoms. The molecule has 110 valence electrons. The summed E-state index contributed by atoms with van der Waals surface area (Å²) in [6.45, 7) is 0.400. The highest BCUT2D eigenvalue weighted by atomic mass is 16.5. The van der Waals surface area contributed by atoms with E-state index in [2.05, 4.69) is 15.5 Å². The fourth-order valence-corrected chi connectivity index (χ4v) is 2.09. The second-order valence-electron chi connectivity index (χ2n) is 4.68. The van der Waals surface area contributed by atoms with E-state index < -0.39 is 0 Å². The van der Waals surface area contributed by atoms with E-state index in [1.807, 2.05) is 30.3 Å². The number of hydrogen-bond donors (Lipinski definition) is 2. The van der Waals surface area contributed by atoms with Crippen molar-refractivity contribution in [1.82, 2.24) is 15.5 Å². The van der Waals surface area contributed by atoms with Gasteiger partial charge in [0.15, 0.2) is 0 Å². The molecule has 6 heteroatoms. The Kier molecular flexibility index (Phi) is 3.82. The average molecular weight is 294 g/mol. The number of carbonyl (C=O) groups is 1. The fraction of sp³-hybridized carbons (Fsp3) is 0.0625. The van der Waals surface area contributed by atoms with E-state index in [0.717, 1.165) is 5.56 Å². The van der Waals surface area contributed by atoms with E-state index in [1.165, 1.54) is 0 Å². The molecule has 2 aromatic heterocycles. The average Bonchev–Trinajstić information content (AvgIpc) is 2.96. The molecule has 0 fully saturated rings. The van der Waals surface area contributed by atoms with Gasteiger partial charge in [0.05, 0.1) is 0 Å². The highest BCUT2D eigenvalue weighted by Crippen LogP contribution is 2.26. The van der Waals surface area contributed by atoms with E-state index in [0.29, 0.717) is 17.8 Å². The third kappa shape index (κ3) is 2.80. The normalized spacial score (nSPS) is 10.4. The van der Waals surface area contributed by atoms with Gasteiger partial charge >= 0.3 is 0 Å². The summed E-state index contributed by atoms with van der Waals surface area (Å²) >= 11 is 0. The van der Waals surface area contributed by atoms with E-state index in [1.54, 1.807) is 24.5 Å². The SMILES string of the molecule is Nc1onc(-c2cccnc2)c1C(=O)NCc1ccccc1. The van der Waals surface area contributed by atoms with Crippen LogP contribution in [0.3, 0.4) is 0 Å². The molecule has 3 aromatic rings. The molecular weight excluding hydrogens is 280 g/mol. The Labute approximate surface area is 127 Å². The summed E-state index contributed by atoms with van der Waals surface area (Å²) in [6, 6.07) is 13.2. The molecule has 0 atom stereocenters. The van der Waals surface area contributed by atoms with Gasteiger partial charge in [-0.05, 0) is 17.7 Å². The Morgan fingerprint density at radius 1 is 1.18 bits per heavy atom. The van der Waals surface area contributed by atoms with Crippen molar-refractivity contribution in [3.63, 3.8) is 0 Å². The van der Waals surface area contributed by atoms with Gasteiger partial charge in [-0.15, -0.1) is 0 Å². The first-order chi connectivity index (χ1) is 10.8. The molecule has 2 heterocycles. The molecule has 0 saturated heterocycles. The lowest BCUT2D eigenvalue weighted by atomic mass is 10.1. The van der Waals surface area contributed by atoms with Crippen LogP contribution >= 0.6 is 0 Å². The van der Waals surface area contributed by atoms with Gasteiger partial charge < -0.3 is 15.6 Å². The van der Waals surface area contributed by atoms with Crippen LogP contribution in [0.2, 0.25) is 0 Å². The molecule has 0 saturated carbocycles. The van der Waals surface area contributed by atoms with Gasteiger partial charge in [-0.3, -0.25) is 9.78 Å². The molecule has 1 amide bonds. The Bertz CT molecular complexity index is 769. The molecule has 1 aromatic carbocycles. The van der Waals surface area contributed by atoms with E-state index in [4.69, 9.17) is 10.3 Å². The first-order valence-corrected chi connectivity index (χ1v) is 6.73. The maximum absolute atomic E-state index is 12.4. The van der Waals surface area contributed by atoms with Crippen molar-refractivity contribution < 1.29 is 9.32 Å². The summed E-state index contributed by atoms with van der Waals surface area (Å²) in [6.07, 6.45) is 3.24. The second kappa shape index (κ2) is 6.09. The number of rotatable bonds is 4. The lowest BCUT2D eigenvalue weighted by Gasteiger charge is -2.05. The van der Waals surface area contributed by atoms with Crippen LogP contribution in [-0.2, 0) is 6.54 Å². The van der Waals surface area contributed by atoms with Gasteiger partial charge in [-0.2, -0.15) is 0 Å². The van der Waals surface area contributed by atoms with E-state index >= 15 is 0 Å². The minimum atomic E-state index is -0.332. The summed E-state index contributed by atoms with van der Waals surface area (Å²) in [5.74, 6) is -0.342. The lowest BCUT2D eigenvalue weighted by molar-refractivity contribution is 0.0952. The molecule has 0 aliphatic rings. The Morgan fingerprint density at radius 2 is 2.00 bits per heavy atom. The number of nitrogens with zero attached hydrogens (tertiary/aromatic N) is 2. The quantitative estimate of drug-likeness (QED) is 0.769. The number of nitrogens with two attached hydrogens (primary N) is 1. The van der Waals surface area contributed by atoms with Gasteiger partial charge in [0, 0.05) is 24.5 Å². The number of nitrogen functional groups attached to an aromatic ring is 1. The molecule has 6 nitrogen and oxygen atoms in total. The first kappa shape index (κ1) is 13.8. The zero-order chi connectivity index (χ0) is 15.4. The molecule has 3 rings (SSSR count). The predicted molar refractivity (Wildman–Crippen MR) is 81.8 cm³/mol. The van der Waals surface area contributed by atoms with Gasteiger partial charge in [0.2, 0.25) is 5.88 Å². The van der Waals surface area contributed by atoms with Gasteiger partial charge in [-0.1, -0.05) is 35.5 Å². The Balaban J connectivity index is 1.82. The Hall–Kier alpha value is -3.15. The standard InChI is InChI=1S/C16H14N4O2/c17-15-13(14(20-22-15)12-7-4-8-18-10-12)16(21)19-9-11-5-2-1-3-6-11/h1-8,10H,9,17H2,(H,19,21). The molecule has 0 bridgehead atoms. The van der Waals surface area contributed by atoms with E-state index in [9.17, 15) is 4.79 Å². The van der Waals surface area contributed by atoms with Crippen LogP contribution in [0.15, 0.2) is 59.4 Å². The van der Waals surface area contributed by atoms with Crippen molar-refractivity contribution in [3.05, 3.63) is 66.0 Å². The fourth-order valence-electron chi connectivity index (χ4n) is 2.09. The number of nitrogens with one attached hydrogen (secondary N) is 1. The third-order valence-corrected chi connectivity index (χ3v) is 3.18. The molecule has 0 unspecified atom stereocenters. The molecule has 3 N–H and O–H groups in total. The minimum Gasteiger partial charge on any atom is -0.367 e. The van der Waals surface area contributed by atoms with Crippen LogP contribution in [0.4, 0.5) is 5.88 Å². The van der Waals surface area contributed by atoms with Gasteiger partial charge in [0.25, 0.3) is 5.91 Å². The summed E-state index contributed by atoms with van der Waals surface area (Å²) in [5.41, 5.74) is 8.02. The van der Waals surface area contributed by atoms with Crippen molar-refractivity contribution in [2.45, 2.75) is 6.54 Å². The highest BCUT2D eigenvalue weighted by Gasteiger charge is 2.22. The molecular formula is C16H14N4O2. The van der Waals surface area contributed by atoms with Crippen LogP contribution in [-0.4, -0.2) is 16.0 Å².